The first-order valence-corrected chi connectivity index (χ1v) is 15.3. The lowest BCUT2D eigenvalue weighted by molar-refractivity contribution is -0.161. The summed E-state index contributed by atoms with van der Waals surface area (Å²) in [6.07, 6.45) is -10.7. The molecule has 48 heavy (non-hydrogen) atoms. The van der Waals surface area contributed by atoms with Crippen LogP contribution in [-0.4, -0.2) is 84.8 Å². The number of hydrogen-bond donors (Lipinski definition) is 0. The smallest absolute Gasteiger partial charge is 0.342 e. The lowest BCUT2D eigenvalue weighted by Gasteiger charge is -2.40. The van der Waals surface area contributed by atoms with Crippen molar-refractivity contribution < 1.29 is 53.9 Å². The van der Waals surface area contributed by atoms with E-state index in [9.17, 15) is 53.9 Å². The van der Waals surface area contributed by atoms with Crippen LogP contribution >= 0.6 is 0 Å². The molecule has 2 aromatic rings. The van der Waals surface area contributed by atoms with Gasteiger partial charge in [-0.1, -0.05) is 12.1 Å². The number of carbonyl (C=O) groups excluding carboxylic acids is 3. The number of nitrogens with zero attached hydrogens (tertiary/aromatic N) is 4. The van der Waals surface area contributed by atoms with Gasteiger partial charge in [-0.2, -0.15) is 26.3 Å². The number of alkyl halides is 8. The second kappa shape index (κ2) is 12.8. The third-order valence-corrected chi connectivity index (χ3v) is 9.54. The molecule has 7 nitrogen and oxygen atoms in total. The molecule has 2 aliphatic heterocycles. The van der Waals surface area contributed by atoms with Gasteiger partial charge in [0, 0.05) is 76.6 Å². The van der Waals surface area contributed by atoms with Crippen LogP contribution in [0.3, 0.4) is 0 Å². The van der Waals surface area contributed by atoms with Crippen molar-refractivity contribution in [3.05, 3.63) is 65.0 Å². The Hall–Kier alpha value is -3.98. The average Bonchev–Trinajstić information content (AvgIpc) is 3.46. The number of anilines is 1. The number of likely N-dealkylation sites (N-methyl/N-ethyl adjacent to an activating group) is 1. The highest BCUT2D eigenvalue weighted by Gasteiger charge is 2.50. The Morgan fingerprint density at radius 3 is 1.79 bits per heavy atom. The third-order valence-electron chi connectivity index (χ3n) is 9.54. The van der Waals surface area contributed by atoms with Crippen molar-refractivity contribution in [2.24, 2.45) is 11.8 Å². The summed E-state index contributed by atoms with van der Waals surface area (Å²) in [4.78, 5) is 44.7. The molecule has 0 bridgehead atoms. The zero-order valence-corrected chi connectivity index (χ0v) is 25.9. The highest BCUT2D eigenvalue weighted by Crippen LogP contribution is 2.44. The maximum Gasteiger partial charge on any atom is 0.416 e. The Balaban J connectivity index is 1.33. The number of benzene rings is 2. The van der Waals surface area contributed by atoms with Crippen molar-refractivity contribution in [3.63, 3.8) is 0 Å². The summed E-state index contributed by atoms with van der Waals surface area (Å²) in [7, 11) is 2.36. The first-order chi connectivity index (χ1) is 22.2. The molecule has 5 rings (SSSR count). The molecular weight excluding hydrogens is 659 g/mol. The highest BCUT2D eigenvalue weighted by atomic mass is 19.4. The summed E-state index contributed by atoms with van der Waals surface area (Å²) in [6.45, 7) is 0.449. The summed E-state index contributed by atoms with van der Waals surface area (Å²) >= 11 is 0. The van der Waals surface area contributed by atoms with E-state index in [2.05, 4.69) is 0 Å². The van der Waals surface area contributed by atoms with Crippen LogP contribution in [0.5, 0.6) is 0 Å². The molecule has 4 amide bonds. The number of amides is 4. The van der Waals surface area contributed by atoms with E-state index in [1.165, 1.54) is 41.1 Å². The second-order valence-corrected chi connectivity index (χ2v) is 12.7. The molecule has 0 aromatic heterocycles. The van der Waals surface area contributed by atoms with Crippen LogP contribution in [0.1, 0.15) is 48.3 Å². The lowest BCUT2D eigenvalue weighted by atomic mass is 9.80. The molecule has 2 saturated heterocycles. The zero-order chi connectivity index (χ0) is 35.3. The van der Waals surface area contributed by atoms with Crippen molar-refractivity contribution in [2.75, 3.05) is 45.2 Å². The number of rotatable bonds is 5. The van der Waals surface area contributed by atoms with Gasteiger partial charge in [-0.25, -0.2) is 18.0 Å². The minimum atomic E-state index is -5.12. The molecule has 2 aromatic carbocycles. The number of hydrogen-bond acceptors (Lipinski definition) is 3. The number of urea groups is 1. The van der Waals surface area contributed by atoms with Gasteiger partial charge in [0.1, 0.15) is 5.82 Å². The maximum absolute atomic E-state index is 13.8. The molecule has 16 heteroatoms. The Morgan fingerprint density at radius 1 is 0.771 bits per heavy atom. The van der Waals surface area contributed by atoms with Gasteiger partial charge in [0.15, 0.2) is 0 Å². The number of likely N-dealkylation sites (tertiary alicyclic amines) is 2. The molecule has 2 unspecified atom stereocenters. The number of carbonyl (C=O) groups is 3. The van der Waals surface area contributed by atoms with Crippen LogP contribution in [0.25, 0.3) is 0 Å². The molecule has 0 spiro atoms. The van der Waals surface area contributed by atoms with Gasteiger partial charge >= 0.3 is 18.4 Å². The van der Waals surface area contributed by atoms with Gasteiger partial charge in [0.2, 0.25) is 17.7 Å². The minimum Gasteiger partial charge on any atom is -0.342 e. The van der Waals surface area contributed by atoms with Crippen molar-refractivity contribution in [3.8, 4) is 0 Å². The molecule has 0 radical (unpaired) electrons. The van der Waals surface area contributed by atoms with Gasteiger partial charge in [0.05, 0.1) is 17.2 Å². The SMILES string of the molecule is CN(C(=O)N(C)C1CN(C(=O)C2CCN(C(=O)C3CC(F)(F)C3)CC2)CC1c1ccc(F)cc1)c1cc(C(F)(F)F)cc(C(F)(F)F)c1. The highest BCUT2D eigenvalue weighted by molar-refractivity contribution is 5.92. The fraction of sp³-hybridized carbons (Fsp3) is 0.531. The standard InChI is InChI=1S/C32H33F9N4O3/c1-42(24-12-21(31(36,37)38)11-22(13-24)32(39,40)41)29(48)43(2)26-17-45(16-25(26)18-3-5-23(33)6-4-18)27(46)19-7-9-44(10-8-19)28(47)20-14-30(34,35)15-20/h3-6,11-13,19-20,25-26H,7-10,14-17H2,1-2H3. The van der Waals surface area contributed by atoms with Crippen LogP contribution < -0.4 is 4.90 Å². The molecule has 262 valence electrons. The molecule has 3 aliphatic rings. The maximum atomic E-state index is 13.8. The fourth-order valence-corrected chi connectivity index (χ4v) is 6.72. The van der Waals surface area contributed by atoms with Crippen molar-refractivity contribution in [1.29, 1.82) is 0 Å². The van der Waals surface area contributed by atoms with E-state index in [4.69, 9.17) is 0 Å². The number of halogens is 9. The van der Waals surface area contributed by atoms with E-state index >= 15 is 0 Å². The summed E-state index contributed by atoms with van der Waals surface area (Å²) in [5.41, 5.74) is -3.27. The fourth-order valence-electron chi connectivity index (χ4n) is 6.72. The van der Waals surface area contributed by atoms with Crippen LogP contribution in [0, 0.1) is 17.7 Å². The molecule has 3 fully saturated rings. The predicted molar refractivity (Wildman–Crippen MR) is 154 cm³/mol. The minimum absolute atomic E-state index is 0.0380. The summed E-state index contributed by atoms with van der Waals surface area (Å²) in [5, 5.41) is 0. The first kappa shape index (κ1) is 35.3. The quantitative estimate of drug-likeness (QED) is 0.331. The van der Waals surface area contributed by atoms with Crippen LogP contribution in [0.2, 0.25) is 0 Å². The molecule has 2 heterocycles. The van der Waals surface area contributed by atoms with Crippen LogP contribution in [-0.2, 0) is 21.9 Å². The molecular formula is C32H33F9N4O3. The number of piperidine rings is 1. The Labute approximate surface area is 270 Å². The Bertz CT molecular complexity index is 1500. The molecule has 0 N–H and O–H groups in total. The average molecular weight is 693 g/mol. The van der Waals surface area contributed by atoms with Crippen molar-refractivity contribution in [1.82, 2.24) is 14.7 Å². The molecule has 1 aliphatic carbocycles. The van der Waals surface area contributed by atoms with E-state index in [1.807, 2.05) is 0 Å². The van der Waals surface area contributed by atoms with E-state index in [0.717, 1.165) is 11.9 Å². The Morgan fingerprint density at radius 2 is 1.29 bits per heavy atom. The van der Waals surface area contributed by atoms with Crippen molar-refractivity contribution in [2.45, 2.75) is 55.9 Å². The van der Waals surface area contributed by atoms with Crippen molar-refractivity contribution >= 4 is 23.5 Å². The van der Waals surface area contributed by atoms with Crippen LogP contribution in [0.4, 0.5) is 50.0 Å². The van der Waals surface area contributed by atoms with E-state index < -0.39 is 83.6 Å². The van der Waals surface area contributed by atoms with Gasteiger partial charge in [-0.3, -0.25) is 14.5 Å². The van der Waals surface area contributed by atoms with E-state index in [-0.39, 0.29) is 56.9 Å². The first-order valence-electron chi connectivity index (χ1n) is 15.3. The van der Waals surface area contributed by atoms with Gasteiger partial charge < -0.3 is 14.7 Å². The topological polar surface area (TPSA) is 64.2 Å². The van der Waals surface area contributed by atoms with Crippen LogP contribution in [0.15, 0.2) is 42.5 Å². The monoisotopic (exact) mass is 692 g/mol. The second-order valence-electron chi connectivity index (χ2n) is 12.7. The van der Waals surface area contributed by atoms with Gasteiger partial charge in [-0.05, 0) is 48.7 Å². The van der Waals surface area contributed by atoms with Gasteiger partial charge in [0.25, 0.3) is 0 Å². The lowest BCUT2D eigenvalue weighted by Crippen LogP contribution is -2.50. The molecule has 1 saturated carbocycles. The largest absolute Gasteiger partial charge is 0.416 e. The molecule has 2 atom stereocenters. The van der Waals surface area contributed by atoms with E-state index in [0.29, 0.717) is 22.6 Å². The van der Waals surface area contributed by atoms with Gasteiger partial charge in [-0.15, -0.1) is 0 Å². The Kier molecular flexibility index (Phi) is 9.42. The predicted octanol–water partition coefficient (Wildman–Crippen LogP) is 6.63. The summed E-state index contributed by atoms with van der Waals surface area (Å²) in [6, 6.07) is 4.43. The zero-order valence-electron chi connectivity index (χ0n) is 25.9. The normalized spacial score (nSPS) is 22.0. The summed E-state index contributed by atoms with van der Waals surface area (Å²) < 4.78 is 121. The summed E-state index contributed by atoms with van der Waals surface area (Å²) in [5.74, 6) is -5.88. The third kappa shape index (κ3) is 7.36. The van der Waals surface area contributed by atoms with E-state index in [1.54, 1.807) is 0 Å².